The van der Waals surface area contributed by atoms with Crippen molar-refractivity contribution in [2.45, 2.75) is 33.6 Å². The second-order valence-corrected chi connectivity index (χ2v) is 5.27. The van der Waals surface area contributed by atoms with Crippen molar-refractivity contribution in [1.29, 1.82) is 0 Å². The van der Waals surface area contributed by atoms with E-state index >= 15 is 0 Å². The fraction of sp³-hybridized carbons (Fsp3) is 0.312. The second kappa shape index (κ2) is 5.31. The molecular weight excluding hydrogens is 234 g/mol. The Bertz CT molecular complexity index is 589. The van der Waals surface area contributed by atoms with E-state index in [1.807, 2.05) is 19.2 Å². The lowest BCUT2D eigenvalue weighted by molar-refractivity contribution is 0.867. The Morgan fingerprint density at radius 1 is 1.21 bits per heavy atom. The molecule has 0 aliphatic rings. The molecule has 1 aromatic heterocycles. The SMILES string of the molecule is Cc1cnc(Nc2c(C)cccc2C(C)C)c(N)c1. The second-order valence-electron chi connectivity index (χ2n) is 5.27. The molecule has 3 nitrogen and oxygen atoms in total. The number of para-hydroxylation sites is 1. The van der Waals surface area contributed by atoms with Gasteiger partial charge in [0.2, 0.25) is 0 Å². The molecule has 0 radical (unpaired) electrons. The monoisotopic (exact) mass is 255 g/mol. The van der Waals surface area contributed by atoms with Gasteiger partial charge in [-0.3, -0.25) is 0 Å². The molecule has 0 fully saturated rings. The van der Waals surface area contributed by atoms with Crippen LogP contribution < -0.4 is 11.1 Å². The number of nitrogens with one attached hydrogen (secondary N) is 1. The third kappa shape index (κ3) is 2.87. The van der Waals surface area contributed by atoms with Crippen LogP contribution in [0.5, 0.6) is 0 Å². The smallest absolute Gasteiger partial charge is 0.153 e. The number of aromatic nitrogens is 1. The van der Waals surface area contributed by atoms with Gasteiger partial charge < -0.3 is 11.1 Å². The zero-order chi connectivity index (χ0) is 14.0. The molecule has 2 aromatic rings. The summed E-state index contributed by atoms with van der Waals surface area (Å²) < 4.78 is 0. The number of aryl methyl sites for hydroxylation is 2. The predicted octanol–water partition coefficient (Wildman–Crippen LogP) is 4.15. The quantitative estimate of drug-likeness (QED) is 0.866. The maximum absolute atomic E-state index is 6.02. The fourth-order valence-corrected chi connectivity index (χ4v) is 2.16. The van der Waals surface area contributed by atoms with Gasteiger partial charge in [-0.05, 0) is 42.5 Å². The topological polar surface area (TPSA) is 50.9 Å². The van der Waals surface area contributed by atoms with E-state index in [4.69, 9.17) is 5.73 Å². The van der Waals surface area contributed by atoms with Crippen LogP contribution in [0.15, 0.2) is 30.5 Å². The first-order chi connectivity index (χ1) is 8.99. The minimum atomic E-state index is 0.453. The summed E-state index contributed by atoms with van der Waals surface area (Å²) in [5.41, 5.74) is 11.4. The molecule has 1 aromatic carbocycles. The zero-order valence-electron chi connectivity index (χ0n) is 12.0. The van der Waals surface area contributed by atoms with Gasteiger partial charge >= 0.3 is 0 Å². The average Bonchev–Trinajstić information content (AvgIpc) is 2.34. The highest BCUT2D eigenvalue weighted by Gasteiger charge is 2.11. The molecule has 0 saturated heterocycles. The molecule has 100 valence electrons. The van der Waals surface area contributed by atoms with E-state index in [0.29, 0.717) is 11.6 Å². The van der Waals surface area contributed by atoms with Gasteiger partial charge in [-0.25, -0.2) is 4.98 Å². The van der Waals surface area contributed by atoms with Crippen LogP contribution in [-0.2, 0) is 0 Å². The van der Waals surface area contributed by atoms with E-state index in [0.717, 1.165) is 17.1 Å². The highest BCUT2D eigenvalue weighted by molar-refractivity contribution is 5.73. The third-order valence-electron chi connectivity index (χ3n) is 3.22. The van der Waals surface area contributed by atoms with E-state index < -0.39 is 0 Å². The largest absolute Gasteiger partial charge is 0.396 e. The first-order valence-corrected chi connectivity index (χ1v) is 6.57. The Hall–Kier alpha value is -2.03. The third-order valence-corrected chi connectivity index (χ3v) is 3.22. The molecule has 0 amide bonds. The minimum absolute atomic E-state index is 0.453. The van der Waals surface area contributed by atoms with Crippen LogP contribution in [0.3, 0.4) is 0 Å². The van der Waals surface area contributed by atoms with Crippen LogP contribution in [0.25, 0.3) is 0 Å². The summed E-state index contributed by atoms with van der Waals surface area (Å²) in [6.45, 7) is 8.46. The molecule has 0 aliphatic carbocycles. The summed E-state index contributed by atoms with van der Waals surface area (Å²) in [5, 5.41) is 3.38. The number of hydrogen-bond donors (Lipinski definition) is 2. The van der Waals surface area contributed by atoms with Crippen LogP contribution in [0.1, 0.15) is 36.5 Å². The van der Waals surface area contributed by atoms with Gasteiger partial charge in [0.1, 0.15) is 0 Å². The van der Waals surface area contributed by atoms with E-state index in [-0.39, 0.29) is 0 Å². The maximum atomic E-state index is 6.02. The van der Waals surface area contributed by atoms with Gasteiger partial charge in [-0.15, -0.1) is 0 Å². The molecule has 2 rings (SSSR count). The maximum Gasteiger partial charge on any atom is 0.153 e. The molecule has 0 saturated carbocycles. The summed E-state index contributed by atoms with van der Waals surface area (Å²) in [4.78, 5) is 4.38. The zero-order valence-corrected chi connectivity index (χ0v) is 12.0. The molecule has 0 bridgehead atoms. The Kier molecular flexibility index (Phi) is 3.74. The van der Waals surface area contributed by atoms with Crippen molar-refractivity contribution in [3.05, 3.63) is 47.2 Å². The number of pyridine rings is 1. The lowest BCUT2D eigenvalue weighted by Gasteiger charge is -2.17. The number of hydrogen-bond acceptors (Lipinski definition) is 3. The highest BCUT2D eigenvalue weighted by Crippen LogP contribution is 2.31. The number of benzene rings is 1. The highest BCUT2D eigenvalue weighted by atomic mass is 15.0. The molecule has 0 aliphatic heterocycles. The van der Waals surface area contributed by atoms with Crippen molar-refractivity contribution in [2.75, 3.05) is 11.1 Å². The summed E-state index contributed by atoms with van der Waals surface area (Å²) in [5.74, 6) is 1.18. The number of nitrogens with two attached hydrogens (primary N) is 1. The van der Waals surface area contributed by atoms with E-state index in [1.165, 1.54) is 11.1 Å². The average molecular weight is 255 g/mol. The van der Waals surface area contributed by atoms with Gasteiger partial charge in [0.05, 0.1) is 5.69 Å². The van der Waals surface area contributed by atoms with Gasteiger partial charge in [-0.2, -0.15) is 0 Å². The van der Waals surface area contributed by atoms with Crippen molar-refractivity contribution >= 4 is 17.2 Å². The van der Waals surface area contributed by atoms with Gasteiger partial charge in [0, 0.05) is 11.9 Å². The Labute approximate surface area is 114 Å². The number of nitrogens with zero attached hydrogens (tertiary/aromatic N) is 1. The van der Waals surface area contributed by atoms with Crippen molar-refractivity contribution in [3.8, 4) is 0 Å². The Morgan fingerprint density at radius 3 is 2.58 bits per heavy atom. The summed E-state index contributed by atoms with van der Waals surface area (Å²) in [7, 11) is 0. The van der Waals surface area contributed by atoms with Crippen LogP contribution in [-0.4, -0.2) is 4.98 Å². The fourth-order valence-electron chi connectivity index (χ4n) is 2.16. The van der Waals surface area contributed by atoms with Crippen molar-refractivity contribution in [2.24, 2.45) is 0 Å². The van der Waals surface area contributed by atoms with Crippen LogP contribution in [0, 0.1) is 13.8 Å². The number of anilines is 3. The van der Waals surface area contributed by atoms with E-state index in [9.17, 15) is 0 Å². The van der Waals surface area contributed by atoms with Gasteiger partial charge in [0.25, 0.3) is 0 Å². The van der Waals surface area contributed by atoms with Crippen LogP contribution in [0.2, 0.25) is 0 Å². The van der Waals surface area contributed by atoms with Crippen molar-refractivity contribution < 1.29 is 0 Å². The lowest BCUT2D eigenvalue weighted by atomic mass is 9.98. The first-order valence-electron chi connectivity index (χ1n) is 6.57. The van der Waals surface area contributed by atoms with Crippen LogP contribution in [0.4, 0.5) is 17.2 Å². The first kappa shape index (κ1) is 13.4. The van der Waals surface area contributed by atoms with Gasteiger partial charge in [0.15, 0.2) is 5.82 Å². The van der Waals surface area contributed by atoms with E-state index in [2.05, 4.69) is 49.3 Å². The lowest BCUT2D eigenvalue weighted by Crippen LogP contribution is -2.04. The van der Waals surface area contributed by atoms with Crippen LogP contribution >= 0.6 is 0 Å². The molecule has 3 heteroatoms. The standard InChI is InChI=1S/C16H21N3/c1-10(2)13-7-5-6-12(4)15(13)19-16-14(17)8-11(3)9-18-16/h5-10H,17H2,1-4H3,(H,18,19). The molecule has 0 atom stereocenters. The van der Waals surface area contributed by atoms with Gasteiger partial charge in [-0.1, -0.05) is 32.0 Å². The molecule has 19 heavy (non-hydrogen) atoms. The van der Waals surface area contributed by atoms with E-state index in [1.54, 1.807) is 0 Å². The number of nitrogen functional groups attached to an aromatic ring is 1. The summed E-state index contributed by atoms with van der Waals surface area (Å²) in [6, 6.07) is 8.26. The Balaban J connectivity index is 2.43. The molecule has 0 spiro atoms. The molecule has 0 unspecified atom stereocenters. The number of rotatable bonds is 3. The minimum Gasteiger partial charge on any atom is -0.396 e. The molecular formula is C16H21N3. The normalized spacial score (nSPS) is 10.8. The Morgan fingerprint density at radius 2 is 1.95 bits per heavy atom. The summed E-state index contributed by atoms with van der Waals surface area (Å²) >= 11 is 0. The summed E-state index contributed by atoms with van der Waals surface area (Å²) in [6.07, 6.45) is 1.83. The predicted molar refractivity (Wildman–Crippen MR) is 81.9 cm³/mol. The van der Waals surface area contributed by atoms with Crippen molar-refractivity contribution in [3.63, 3.8) is 0 Å². The van der Waals surface area contributed by atoms with Crippen molar-refractivity contribution in [1.82, 2.24) is 4.98 Å². The molecule has 3 N–H and O–H groups in total. The molecule has 1 heterocycles.